The van der Waals surface area contributed by atoms with Crippen LogP contribution in [0.5, 0.6) is 0 Å². The van der Waals surface area contributed by atoms with Crippen molar-refractivity contribution in [3.8, 4) is 0 Å². The molecule has 0 aliphatic carbocycles. The fourth-order valence-electron chi connectivity index (χ4n) is 4.75. The van der Waals surface area contributed by atoms with Gasteiger partial charge in [0.25, 0.3) is 0 Å². The van der Waals surface area contributed by atoms with Crippen LogP contribution in [-0.4, -0.2) is 86.1 Å². The molecule has 0 amide bonds. The van der Waals surface area contributed by atoms with E-state index in [1.807, 2.05) is 0 Å². The average molecular weight is 542 g/mol. The number of aliphatic imine (C=N–C) groups is 1. The summed E-state index contributed by atoms with van der Waals surface area (Å²) in [4.78, 5) is 12.7. The van der Waals surface area contributed by atoms with Crippen LogP contribution in [-0.2, 0) is 6.42 Å². The average Bonchev–Trinajstić information content (AvgIpc) is 2.78. The molecule has 1 aromatic carbocycles. The quantitative estimate of drug-likeness (QED) is 0.309. The summed E-state index contributed by atoms with van der Waals surface area (Å²) in [5, 5.41) is 3.54. The lowest BCUT2D eigenvalue weighted by Gasteiger charge is -2.36. The van der Waals surface area contributed by atoms with Gasteiger partial charge in [0.2, 0.25) is 0 Å². The number of benzene rings is 1. The fourth-order valence-corrected chi connectivity index (χ4v) is 4.75. The Morgan fingerprint density at radius 2 is 1.65 bits per heavy atom. The molecule has 1 unspecified atom stereocenters. The number of piperazine rings is 1. The number of nitrogens with zero attached hydrogens (tertiary/aromatic N) is 4. The summed E-state index contributed by atoms with van der Waals surface area (Å²) in [6.07, 6.45) is 3.73. The second kappa shape index (κ2) is 14.3. The molecule has 0 saturated carbocycles. The standard InChI is InChI=1S/C25H43N5.HI/c1-4-26-25(27-20-22(3)21-29-17-15-28(5-2)16-18-29)30-13-11-24(12-14-30)19-23-9-7-6-8-10-23;/h6-10,22,24H,4-5,11-21H2,1-3H3,(H,26,27);1H. The van der Waals surface area contributed by atoms with Crippen molar-refractivity contribution in [2.45, 2.75) is 40.0 Å². The van der Waals surface area contributed by atoms with Crippen LogP contribution in [0.2, 0.25) is 0 Å². The molecule has 1 atom stereocenters. The van der Waals surface area contributed by atoms with Crippen LogP contribution < -0.4 is 5.32 Å². The van der Waals surface area contributed by atoms with Crippen LogP contribution in [0.3, 0.4) is 0 Å². The predicted molar refractivity (Wildman–Crippen MR) is 144 cm³/mol. The van der Waals surface area contributed by atoms with Gasteiger partial charge in [0, 0.05) is 58.9 Å². The van der Waals surface area contributed by atoms with E-state index in [2.05, 4.69) is 71.1 Å². The summed E-state index contributed by atoms with van der Waals surface area (Å²) >= 11 is 0. The highest BCUT2D eigenvalue weighted by Crippen LogP contribution is 2.21. The summed E-state index contributed by atoms with van der Waals surface area (Å²) in [6, 6.07) is 11.0. The third kappa shape index (κ3) is 8.89. The first-order valence-electron chi connectivity index (χ1n) is 12.2. The fraction of sp³-hybridized carbons (Fsp3) is 0.720. The van der Waals surface area contributed by atoms with Gasteiger partial charge in [0.15, 0.2) is 5.96 Å². The van der Waals surface area contributed by atoms with E-state index in [0.717, 1.165) is 38.1 Å². The Labute approximate surface area is 207 Å². The number of likely N-dealkylation sites (N-methyl/N-ethyl adjacent to an activating group) is 1. The van der Waals surface area contributed by atoms with Gasteiger partial charge >= 0.3 is 0 Å². The second-order valence-corrected chi connectivity index (χ2v) is 9.15. The van der Waals surface area contributed by atoms with Crippen molar-refractivity contribution < 1.29 is 0 Å². The number of hydrogen-bond donors (Lipinski definition) is 1. The molecular weight excluding hydrogens is 497 g/mol. The molecule has 0 radical (unpaired) electrons. The Bertz CT molecular complexity index is 622. The van der Waals surface area contributed by atoms with Gasteiger partial charge in [-0.15, -0.1) is 24.0 Å². The summed E-state index contributed by atoms with van der Waals surface area (Å²) < 4.78 is 0. The van der Waals surface area contributed by atoms with E-state index in [0.29, 0.717) is 5.92 Å². The number of halogens is 1. The summed E-state index contributed by atoms with van der Waals surface area (Å²) in [5.41, 5.74) is 1.48. The maximum atomic E-state index is 5.04. The van der Waals surface area contributed by atoms with E-state index >= 15 is 0 Å². The van der Waals surface area contributed by atoms with Crippen LogP contribution in [0.1, 0.15) is 39.2 Å². The molecule has 5 nitrogen and oxygen atoms in total. The molecule has 176 valence electrons. The Morgan fingerprint density at radius 1 is 1.00 bits per heavy atom. The van der Waals surface area contributed by atoms with Crippen molar-refractivity contribution in [2.24, 2.45) is 16.8 Å². The zero-order valence-corrected chi connectivity index (χ0v) is 22.3. The molecule has 0 spiro atoms. The minimum Gasteiger partial charge on any atom is -0.357 e. The Balaban J connectivity index is 0.00000341. The van der Waals surface area contributed by atoms with E-state index in [1.165, 1.54) is 64.1 Å². The van der Waals surface area contributed by atoms with Gasteiger partial charge in [-0.05, 0) is 50.1 Å². The molecule has 2 heterocycles. The molecular formula is C25H44IN5. The van der Waals surface area contributed by atoms with Gasteiger partial charge in [-0.1, -0.05) is 44.2 Å². The van der Waals surface area contributed by atoms with Crippen LogP contribution in [0.15, 0.2) is 35.3 Å². The van der Waals surface area contributed by atoms with Gasteiger partial charge in [0.05, 0.1) is 0 Å². The second-order valence-electron chi connectivity index (χ2n) is 9.15. The van der Waals surface area contributed by atoms with Crippen molar-refractivity contribution >= 4 is 29.9 Å². The van der Waals surface area contributed by atoms with Gasteiger partial charge < -0.3 is 20.0 Å². The third-order valence-corrected chi connectivity index (χ3v) is 6.65. The number of hydrogen-bond acceptors (Lipinski definition) is 3. The van der Waals surface area contributed by atoms with Crippen molar-refractivity contribution in [3.63, 3.8) is 0 Å². The Kier molecular flexibility index (Phi) is 12.2. The molecule has 2 aliphatic heterocycles. The van der Waals surface area contributed by atoms with Gasteiger partial charge in [0.1, 0.15) is 0 Å². The van der Waals surface area contributed by atoms with Gasteiger partial charge in [-0.3, -0.25) is 4.99 Å². The molecule has 6 heteroatoms. The first-order chi connectivity index (χ1) is 14.7. The first-order valence-corrected chi connectivity index (χ1v) is 12.2. The molecule has 1 N–H and O–H groups in total. The lowest BCUT2D eigenvalue weighted by Crippen LogP contribution is -2.48. The molecule has 1 aromatic rings. The summed E-state index contributed by atoms with van der Waals surface area (Å²) in [6.45, 7) is 18.1. The number of rotatable bonds is 8. The summed E-state index contributed by atoms with van der Waals surface area (Å²) in [5.74, 6) is 2.52. The number of piperidine rings is 1. The van der Waals surface area contributed by atoms with Crippen molar-refractivity contribution in [3.05, 3.63) is 35.9 Å². The van der Waals surface area contributed by atoms with Crippen LogP contribution in [0, 0.1) is 11.8 Å². The first kappa shape index (κ1) is 26.4. The zero-order valence-electron chi connectivity index (χ0n) is 19.9. The predicted octanol–water partition coefficient (Wildman–Crippen LogP) is 3.80. The lowest BCUT2D eigenvalue weighted by atomic mass is 9.90. The highest BCUT2D eigenvalue weighted by molar-refractivity contribution is 14.0. The molecule has 31 heavy (non-hydrogen) atoms. The molecule has 0 aromatic heterocycles. The van der Waals surface area contributed by atoms with Crippen molar-refractivity contribution in [2.75, 3.05) is 65.4 Å². The van der Waals surface area contributed by atoms with E-state index < -0.39 is 0 Å². The Hall–Kier alpha value is -0.860. The topological polar surface area (TPSA) is 34.1 Å². The lowest BCUT2D eigenvalue weighted by molar-refractivity contribution is 0.125. The van der Waals surface area contributed by atoms with E-state index in [4.69, 9.17) is 4.99 Å². The van der Waals surface area contributed by atoms with Crippen LogP contribution >= 0.6 is 24.0 Å². The number of likely N-dealkylation sites (tertiary alicyclic amines) is 1. The third-order valence-electron chi connectivity index (χ3n) is 6.65. The number of guanidine groups is 1. The van der Waals surface area contributed by atoms with Crippen LogP contribution in [0.25, 0.3) is 0 Å². The maximum Gasteiger partial charge on any atom is 0.193 e. The molecule has 2 fully saturated rings. The Morgan fingerprint density at radius 3 is 2.26 bits per heavy atom. The monoisotopic (exact) mass is 541 g/mol. The number of nitrogens with one attached hydrogen (secondary N) is 1. The normalized spacial score (nSPS) is 20.4. The molecule has 2 saturated heterocycles. The smallest absolute Gasteiger partial charge is 0.193 e. The minimum absolute atomic E-state index is 0. The van der Waals surface area contributed by atoms with E-state index in [-0.39, 0.29) is 24.0 Å². The van der Waals surface area contributed by atoms with Gasteiger partial charge in [-0.2, -0.15) is 0 Å². The zero-order chi connectivity index (χ0) is 21.2. The minimum atomic E-state index is 0. The maximum absolute atomic E-state index is 5.04. The van der Waals surface area contributed by atoms with E-state index in [1.54, 1.807) is 0 Å². The molecule has 3 rings (SSSR count). The van der Waals surface area contributed by atoms with E-state index in [9.17, 15) is 0 Å². The molecule has 2 aliphatic rings. The highest BCUT2D eigenvalue weighted by atomic mass is 127. The molecule has 0 bridgehead atoms. The largest absolute Gasteiger partial charge is 0.357 e. The SMILES string of the molecule is CCNC(=NCC(C)CN1CCN(CC)CC1)N1CCC(Cc2ccccc2)CC1.I. The van der Waals surface area contributed by atoms with Crippen molar-refractivity contribution in [1.29, 1.82) is 0 Å². The summed E-state index contributed by atoms with van der Waals surface area (Å²) in [7, 11) is 0. The highest BCUT2D eigenvalue weighted by Gasteiger charge is 2.22. The van der Waals surface area contributed by atoms with Crippen molar-refractivity contribution in [1.82, 2.24) is 20.0 Å². The van der Waals surface area contributed by atoms with Gasteiger partial charge in [-0.25, -0.2) is 0 Å². The van der Waals surface area contributed by atoms with Crippen LogP contribution in [0.4, 0.5) is 0 Å².